The molecule has 2 rings (SSSR count). The van der Waals surface area contributed by atoms with Crippen molar-refractivity contribution in [3.8, 4) is 0 Å². The van der Waals surface area contributed by atoms with Gasteiger partial charge in [-0.15, -0.1) is 11.8 Å². The van der Waals surface area contributed by atoms with Gasteiger partial charge in [-0.25, -0.2) is 5.43 Å². The molecule has 0 atom stereocenters. The zero-order chi connectivity index (χ0) is 16.5. The summed E-state index contributed by atoms with van der Waals surface area (Å²) in [6, 6.07) is 17.7. The van der Waals surface area contributed by atoms with Gasteiger partial charge in [0.05, 0.1) is 5.75 Å². The summed E-state index contributed by atoms with van der Waals surface area (Å²) in [6.45, 7) is 1.93. The van der Waals surface area contributed by atoms with E-state index in [-0.39, 0.29) is 5.91 Å². The summed E-state index contributed by atoms with van der Waals surface area (Å²) in [6.07, 6.45) is 1.75. The molecular weight excluding hydrogens is 328 g/mol. The van der Waals surface area contributed by atoms with E-state index in [4.69, 9.17) is 11.6 Å². The number of carbonyl (C=O) groups excluding carboxylic acids is 1. The minimum Gasteiger partial charge on any atom is -0.272 e. The average molecular weight is 347 g/mol. The number of hydrogen-bond donors (Lipinski definition) is 1. The third-order valence-electron chi connectivity index (χ3n) is 3.17. The van der Waals surface area contributed by atoms with E-state index in [1.807, 2.05) is 49.4 Å². The van der Waals surface area contributed by atoms with Crippen molar-refractivity contribution in [1.82, 2.24) is 5.43 Å². The molecule has 1 N–H and O–H groups in total. The number of hydrazone groups is 1. The summed E-state index contributed by atoms with van der Waals surface area (Å²) in [7, 11) is 0. The summed E-state index contributed by atoms with van der Waals surface area (Å²) in [5.41, 5.74) is 4.79. The molecule has 1 amide bonds. The molecule has 0 aliphatic heterocycles. The molecule has 0 fully saturated rings. The van der Waals surface area contributed by atoms with Gasteiger partial charge in [0.1, 0.15) is 0 Å². The van der Waals surface area contributed by atoms with Crippen LogP contribution in [0.5, 0.6) is 0 Å². The van der Waals surface area contributed by atoms with Gasteiger partial charge < -0.3 is 0 Å². The molecule has 0 saturated carbocycles. The lowest BCUT2D eigenvalue weighted by Crippen LogP contribution is -2.21. The van der Waals surface area contributed by atoms with Crippen LogP contribution in [0.3, 0.4) is 0 Å². The fraction of sp³-hybridized carbons (Fsp3) is 0.222. The van der Waals surface area contributed by atoms with Crippen LogP contribution in [0.2, 0.25) is 5.02 Å². The van der Waals surface area contributed by atoms with Crippen molar-refractivity contribution in [3.63, 3.8) is 0 Å². The highest BCUT2D eigenvalue weighted by atomic mass is 35.5. The van der Waals surface area contributed by atoms with Gasteiger partial charge in [0.25, 0.3) is 0 Å². The number of nitrogens with one attached hydrogen (secondary N) is 1. The SMILES string of the molecule is C/C(CCc1ccccc1)=N/NC(=O)CSc1ccc(Cl)cc1. The lowest BCUT2D eigenvalue weighted by molar-refractivity contribution is -0.118. The van der Waals surface area contributed by atoms with E-state index in [1.165, 1.54) is 17.3 Å². The van der Waals surface area contributed by atoms with Crippen LogP contribution in [0.4, 0.5) is 0 Å². The van der Waals surface area contributed by atoms with Gasteiger partial charge in [-0.2, -0.15) is 5.10 Å². The fourth-order valence-electron chi connectivity index (χ4n) is 1.90. The molecule has 0 spiro atoms. The first-order valence-electron chi connectivity index (χ1n) is 7.38. The molecule has 2 aromatic carbocycles. The van der Waals surface area contributed by atoms with Crippen molar-refractivity contribution in [2.24, 2.45) is 5.10 Å². The molecule has 120 valence electrons. The first-order chi connectivity index (χ1) is 11.1. The Morgan fingerprint density at radius 3 is 2.52 bits per heavy atom. The molecule has 2 aromatic rings. The van der Waals surface area contributed by atoms with Crippen molar-refractivity contribution >= 4 is 35.0 Å². The van der Waals surface area contributed by atoms with Crippen LogP contribution in [-0.4, -0.2) is 17.4 Å². The molecule has 0 aliphatic rings. The van der Waals surface area contributed by atoms with Crippen LogP contribution in [0.25, 0.3) is 0 Å². The van der Waals surface area contributed by atoms with E-state index in [9.17, 15) is 4.79 Å². The maximum atomic E-state index is 11.8. The summed E-state index contributed by atoms with van der Waals surface area (Å²) in [5.74, 6) is 0.223. The van der Waals surface area contributed by atoms with Crippen LogP contribution >= 0.6 is 23.4 Å². The lowest BCUT2D eigenvalue weighted by Gasteiger charge is -2.04. The predicted molar refractivity (Wildman–Crippen MR) is 98.2 cm³/mol. The highest BCUT2D eigenvalue weighted by Gasteiger charge is 2.02. The molecule has 0 bridgehead atoms. The number of thioether (sulfide) groups is 1. The van der Waals surface area contributed by atoms with E-state index >= 15 is 0 Å². The van der Waals surface area contributed by atoms with E-state index in [0.29, 0.717) is 10.8 Å². The molecule has 0 aromatic heterocycles. The molecular formula is C18H19ClN2OS. The van der Waals surface area contributed by atoms with E-state index < -0.39 is 0 Å². The number of hydrogen-bond acceptors (Lipinski definition) is 3. The van der Waals surface area contributed by atoms with Crippen molar-refractivity contribution in [3.05, 3.63) is 65.2 Å². The molecule has 0 heterocycles. The van der Waals surface area contributed by atoms with Crippen molar-refractivity contribution in [1.29, 1.82) is 0 Å². The second kappa shape index (κ2) is 9.38. The Balaban J connectivity index is 1.71. The fourth-order valence-corrected chi connectivity index (χ4v) is 2.71. The number of rotatable bonds is 7. The van der Waals surface area contributed by atoms with Crippen molar-refractivity contribution in [2.45, 2.75) is 24.7 Å². The number of benzene rings is 2. The van der Waals surface area contributed by atoms with E-state index in [0.717, 1.165) is 23.4 Å². The Morgan fingerprint density at radius 2 is 1.83 bits per heavy atom. The molecule has 5 heteroatoms. The number of aryl methyl sites for hydroxylation is 1. The molecule has 23 heavy (non-hydrogen) atoms. The normalized spacial score (nSPS) is 11.3. The Labute approximate surface area is 146 Å². The first kappa shape index (κ1) is 17.6. The van der Waals surface area contributed by atoms with Crippen LogP contribution in [0, 0.1) is 0 Å². The summed E-state index contributed by atoms with van der Waals surface area (Å²) < 4.78 is 0. The van der Waals surface area contributed by atoms with Gasteiger partial charge in [0, 0.05) is 15.6 Å². The van der Waals surface area contributed by atoms with Gasteiger partial charge >= 0.3 is 0 Å². The average Bonchev–Trinajstić information content (AvgIpc) is 2.58. The number of amides is 1. The number of halogens is 1. The van der Waals surface area contributed by atoms with E-state index in [2.05, 4.69) is 22.7 Å². The van der Waals surface area contributed by atoms with Gasteiger partial charge in [0.15, 0.2) is 0 Å². The highest BCUT2D eigenvalue weighted by Crippen LogP contribution is 2.19. The second-order valence-corrected chi connectivity index (χ2v) is 6.60. The van der Waals surface area contributed by atoms with Gasteiger partial charge in [-0.1, -0.05) is 41.9 Å². The topological polar surface area (TPSA) is 41.5 Å². The summed E-state index contributed by atoms with van der Waals surface area (Å²) >= 11 is 7.29. The van der Waals surface area contributed by atoms with Crippen LogP contribution < -0.4 is 5.43 Å². The Hall–Kier alpha value is -1.78. The number of carbonyl (C=O) groups is 1. The van der Waals surface area contributed by atoms with Gasteiger partial charge in [0.2, 0.25) is 5.91 Å². The largest absolute Gasteiger partial charge is 0.272 e. The quantitative estimate of drug-likeness (QED) is 0.453. The van der Waals surface area contributed by atoms with E-state index in [1.54, 1.807) is 0 Å². The van der Waals surface area contributed by atoms with Gasteiger partial charge in [-0.3, -0.25) is 4.79 Å². The predicted octanol–water partition coefficient (Wildman–Crippen LogP) is 4.56. The van der Waals surface area contributed by atoms with Crippen LogP contribution in [0.1, 0.15) is 18.9 Å². The zero-order valence-electron chi connectivity index (χ0n) is 13.0. The molecule has 0 radical (unpaired) electrons. The third-order valence-corrected chi connectivity index (χ3v) is 4.44. The summed E-state index contributed by atoms with van der Waals surface area (Å²) in [4.78, 5) is 12.8. The smallest absolute Gasteiger partial charge is 0.250 e. The molecule has 3 nitrogen and oxygen atoms in total. The first-order valence-corrected chi connectivity index (χ1v) is 8.74. The Bertz CT molecular complexity index is 656. The highest BCUT2D eigenvalue weighted by molar-refractivity contribution is 8.00. The summed E-state index contributed by atoms with van der Waals surface area (Å²) in [5, 5.41) is 4.84. The standard InChI is InChI=1S/C18H19ClN2OS/c1-14(7-8-15-5-3-2-4-6-15)20-21-18(22)13-23-17-11-9-16(19)10-12-17/h2-6,9-12H,7-8,13H2,1H3,(H,21,22)/b20-14-. The number of nitrogens with zero attached hydrogens (tertiary/aromatic N) is 1. The third kappa shape index (κ3) is 6.89. The molecule has 0 unspecified atom stereocenters. The second-order valence-electron chi connectivity index (χ2n) is 5.11. The van der Waals surface area contributed by atoms with Crippen molar-refractivity contribution in [2.75, 3.05) is 5.75 Å². The minimum atomic E-state index is -0.107. The van der Waals surface area contributed by atoms with Crippen LogP contribution in [0.15, 0.2) is 64.6 Å². The minimum absolute atomic E-state index is 0.107. The maximum absolute atomic E-state index is 11.8. The lowest BCUT2D eigenvalue weighted by atomic mass is 10.1. The van der Waals surface area contributed by atoms with Crippen LogP contribution in [-0.2, 0) is 11.2 Å². The Morgan fingerprint density at radius 1 is 1.13 bits per heavy atom. The Kier molecular flexibility index (Phi) is 7.17. The van der Waals surface area contributed by atoms with Gasteiger partial charge in [-0.05, 0) is 49.6 Å². The monoisotopic (exact) mass is 346 g/mol. The molecule has 0 saturated heterocycles. The maximum Gasteiger partial charge on any atom is 0.250 e. The molecule has 0 aliphatic carbocycles. The zero-order valence-corrected chi connectivity index (χ0v) is 14.5. The van der Waals surface area contributed by atoms with Crippen molar-refractivity contribution < 1.29 is 4.79 Å².